The first kappa shape index (κ1) is 16.0. The van der Waals surface area contributed by atoms with Crippen LogP contribution in [-0.2, 0) is 9.59 Å². The summed E-state index contributed by atoms with van der Waals surface area (Å²) in [5.74, 6) is 0.0989. The molecule has 2 aromatic rings. The Kier molecular flexibility index (Phi) is 4.79. The van der Waals surface area contributed by atoms with Crippen LogP contribution >= 0.6 is 0 Å². The van der Waals surface area contributed by atoms with Crippen LogP contribution in [0.25, 0.3) is 5.69 Å². The number of nitrogens with zero attached hydrogens (tertiary/aromatic N) is 4. The van der Waals surface area contributed by atoms with Crippen molar-refractivity contribution in [3.63, 3.8) is 0 Å². The van der Waals surface area contributed by atoms with Gasteiger partial charge in [0.05, 0.1) is 17.9 Å². The first-order valence-electron chi connectivity index (χ1n) is 8.01. The summed E-state index contributed by atoms with van der Waals surface area (Å²) in [5.41, 5.74) is 1.76. The van der Waals surface area contributed by atoms with E-state index < -0.39 is 0 Å². The van der Waals surface area contributed by atoms with Crippen molar-refractivity contribution in [3.05, 3.63) is 42.7 Å². The van der Waals surface area contributed by atoms with Crippen molar-refractivity contribution >= 4 is 17.5 Å². The highest BCUT2D eigenvalue weighted by Crippen LogP contribution is 2.18. The highest BCUT2D eigenvalue weighted by molar-refractivity contribution is 5.82. The van der Waals surface area contributed by atoms with Crippen molar-refractivity contribution in [3.8, 4) is 5.69 Å². The van der Waals surface area contributed by atoms with E-state index in [2.05, 4.69) is 10.4 Å². The van der Waals surface area contributed by atoms with Crippen molar-refractivity contribution in [2.24, 2.45) is 0 Å². The Morgan fingerprint density at radius 1 is 1.08 bits per heavy atom. The molecule has 1 N–H and O–H groups in total. The molecule has 1 aromatic carbocycles. The summed E-state index contributed by atoms with van der Waals surface area (Å²) in [7, 11) is 0. The number of piperazine rings is 1. The lowest BCUT2D eigenvalue weighted by molar-refractivity contribution is -0.137. The summed E-state index contributed by atoms with van der Waals surface area (Å²) in [5, 5.41) is 7.43. The largest absolute Gasteiger partial charge is 0.374 e. The fraction of sp³-hybridized carbons (Fsp3) is 0.353. The van der Waals surface area contributed by atoms with Crippen LogP contribution in [0.5, 0.6) is 0 Å². The van der Waals surface area contributed by atoms with Gasteiger partial charge in [0.1, 0.15) is 0 Å². The Balaban J connectivity index is 1.59. The number of benzene rings is 1. The topological polar surface area (TPSA) is 70.5 Å². The monoisotopic (exact) mass is 327 g/mol. The van der Waals surface area contributed by atoms with Crippen molar-refractivity contribution in [2.45, 2.75) is 6.92 Å². The highest BCUT2D eigenvalue weighted by Gasteiger charge is 2.22. The molecule has 1 aromatic heterocycles. The van der Waals surface area contributed by atoms with Crippen LogP contribution in [0.3, 0.4) is 0 Å². The maximum atomic E-state index is 12.4. The second-order valence-electron chi connectivity index (χ2n) is 5.71. The van der Waals surface area contributed by atoms with Gasteiger partial charge in [-0.1, -0.05) is 12.1 Å². The molecule has 0 atom stereocenters. The summed E-state index contributed by atoms with van der Waals surface area (Å²) in [6.07, 6.45) is 3.58. The molecule has 1 saturated heterocycles. The Bertz CT molecular complexity index is 706. The fourth-order valence-corrected chi connectivity index (χ4v) is 2.79. The molecule has 0 saturated carbocycles. The number of carbonyl (C=O) groups excluding carboxylic acids is 2. The van der Waals surface area contributed by atoms with Crippen molar-refractivity contribution in [1.29, 1.82) is 0 Å². The van der Waals surface area contributed by atoms with E-state index >= 15 is 0 Å². The summed E-state index contributed by atoms with van der Waals surface area (Å²) < 4.78 is 1.76. The normalized spacial score (nSPS) is 14.5. The molecular formula is C17H21N5O2. The van der Waals surface area contributed by atoms with Gasteiger partial charge in [-0.2, -0.15) is 5.10 Å². The molecule has 1 aliphatic heterocycles. The van der Waals surface area contributed by atoms with Gasteiger partial charge >= 0.3 is 0 Å². The van der Waals surface area contributed by atoms with Crippen molar-refractivity contribution in [1.82, 2.24) is 19.6 Å². The number of rotatable bonds is 4. The molecule has 0 unspecified atom stereocenters. The quantitative estimate of drug-likeness (QED) is 0.909. The minimum Gasteiger partial charge on any atom is -0.374 e. The van der Waals surface area contributed by atoms with E-state index in [1.807, 2.05) is 36.5 Å². The van der Waals surface area contributed by atoms with Crippen LogP contribution in [0.2, 0.25) is 0 Å². The molecule has 126 valence electrons. The number of hydrogen-bond donors (Lipinski definition) is 1. The lowest BCUT2D eigenvalue weighted by Crippen LogP contribution is -2.51. The molecule has 24 heavy (non-hydrogen) atoms. The van der Waals surface area contributed by atoms with E-state index in [1.165, 1.54) is 0 Å². The molecule has 0 radical (unpaired) electrons. The summed E-state index contributed by atoms with van der Waals surface area (Å²) in [4.78, 5) is 27.3. The third kappa shape index (κ3) is 3.56. The number of aromatic nitrogens is 2. The zero-order valence-electron chi connectivity index (χ0n) is 13.7. The van der Waals surface area contributed by atoms with Crippen LogP contribution < -0.4 is 5.32 Å². The molecular weight excluding hydrogens is 306 g/mol. The first-order chi connectivity index (χ1) is 11.6. The molecule has 7 heteroatoms. The standard InChI is InChI=1S/C17H21N5O2/c1-14(23)20-9-11-21(12-10-20)17(24)13-18-15-5-2-3-6-16(15)22-8-4-7-19-22/h2-8,18H,9-13H2,1H3. The average molecular weight is 327 g/mol. The van der Waals surface area contributed by atoms with Gasteiger partial charge < -0.3 is 15.1 Å². The molecule has 0 aliphatic carbocycles. The van der Waals surface area contributed by atoms with Gasteiger partial charge in [0, 0.05) is 45.5 Å². The summed E-state index contributed by atoms with van der Waals surface area (Å²) >= 11 is 0. The van der Waals surface area contributed by atoms with Crippen LogP contribution in [0, 0.1) is 0 Å². The number of nitrogens with one attached hydrogen (secondary N) is 1. The Morgan fingerprint density at radius 2 is 1.79 bits per heavy atom. The van der Waals surface area contributed by atoms with Gasteiger partial charge in [-0.15, -0.1) is 0 Å². The highest BCUT2D eigenvalue weighted by atomic mass is 16.2. The van der Waals surface area contributed by atoms with E-state index in [0.717, 1.165) is 11.4 Å². The maximum absolute atomic E-state index is 12.4. The van der Waals surface area contributed by atoms with Gasteiger partial charge in [-0.3, -0.25) is 9.59 Å². The molecule has 2 amide bonds. The van der Waals surface area contributed by atoms with E-state index in [-0.39, 0.29) is 18.4 Å². The van der Waals surface area contributed by atoms with Crippen molar-refractivity contribution in [2.75, 3.05) is 38.0 Å². The zero-order chi connectivity index (χ0) is 16.9. The SMILES string of the molecule is CC(=O)N1CCN(C(=O)CNc2ccccc2-n2cccn2)CC1. The third-order valence-corrected chi connectivity index (χ3v) is 4.16. The minimum atomic E-state index is 0.0356. The molecule has 3 rings (SSSR count). The summed E-state index contributed by atoms with van der Waals surface area (Å²) in [6.45, 7) is 4.15. The van der Waals surface area contributed by atoms with Crippen LogP contribution in [0.1, 0.15) is 6.92 Å². The van der Waals surface area contributed by atoms with E-state index in [0.29, 0.717) is 26.2 Å². The number of para-hydroxylation sites is 2. The van der Waals surface area contributed by atoms with Crippen molar-refractivity contribution < 1.29 is 9.59 Å². The molecule has 1 fully saturated rings. The van der Waals surface area contributed by atoms with Crippen LogP contribution in [0.15, 0.2) is 42.7 Å². The number of hydrogen-bond acceptors (Lipinski definition) is 4. The Morgan fingerprint density at radius 3 is 2.46 bits per heavy atom. The molecule has 7 nitrogen and oxygen atoms in total. The Hall–Kier alpha value is -2.83. The van der Waals surface area contributed by atoms with Gasteiger partial charge in [-0.25, -0.2) is 4.68 Å². The lowest BCUT2D eigenvalue weighted by atomic mass is 10.2. The lowest BCUT2D eigenvalue weighted by Gasteiger charge is -2.34. The molecule has 0 spiro atoms. The average Bonchev–Trinajstić information content (AvgIpc) is 3.14. The number of carbonyl (C=O) groups is 2. The number of anilines is 1. The first-order valence-corrected chi connectivity index (χ1v) is 8.01. The van der Waals surface area contributed by atoms with E-state index in [1.54, 1.807) is 27.6 Å². The predicted molar refractivity (Wildman–Crippen MR) is 90.9 cm³/mol. The third-order valence-electron chi connectivity index (χ3n) is 4.16. The Labute approximate surface area is 140 Å². The maximum Gasteiger partial charge on any atom is 0.241 e. The summed E-state index contributed by atoms with van der Waals surface area (Å²) in [6, 6.07) is 9.59. The van der Waals surface area contributed by atoms with Gasteiger partial charge in [0.15, 0.2) is 0 Å². The fourth-order valence-electron chi connectivity index (χ4n) is 2.79. The van der Waals surface area contributed by atoms with E-state index in [4.69, 9.17) is 0 Å². The molecule has 0 bridgehead atoms. The minimum absolute atomic E-state index is 0.0356. The molecule has 2 heterocycles. The predicted octanol–water partition coefficient (Wildman–Crippen LogP) is 0.975. The van der Waals surface area contributed by atoms with Crippen LogP contribution in [0.4, 0.5) is 5.69 Å². The van der Waals surface area contributed by atoms with Gasteiger partial charge in [0.2, 0.25) is 11.8 Å². The van der Waals surface area contributed by atoms with E-state index in [9.17, 15) is 9.59 Å². The second kappa shape index (κ2) is 7.16. The zero-order valence-corrected chi connectivity index (χ0v) is 13.7. The molecule has 1 aliphatic rings. The van der Waals surface area contributed by atoms with Crippen LogP contribution in [-0.4, -0.2) is 64.1 Å². The van der Waals surface area contributed by atoms with Gasteiger partial charge in [0.25, 0.3) is 0 Å². The number of amides is 2. The smallest absolute Gasteiger partial charge is 0.241 e. The second-order valence-corrected chi connectivity index (χ2v) is 5.71. The van der Waals surface area contributed by atoms with Gasteiger partial charge in [-0.05, 0) is 18.2 Å².